The van der Waals surface area contributed by atoms with Crippen molar-refractivity contribution in [2.75, 3.05) is 0 Å². The number of hydrogen-bond acceptors (Lipinski definition) is 2. The molecule has 0 N–H and O–H groups in total. The maximum atomic E-state index is 13.1. The fourth-order valence-corrected chi connectivity index (χ4v) is 3.09. The van der Waals surface area contributed by atoms with E-state index in [2.05, 4.69) is 36.2 Å². The van der Waals surface area contributed by atoms with Gasteiger partial charge in [0.25, 0.3) is 0 Å². The SMILES string of the molecule is Cc1ccc(-c2c(C(=O)c3ccccc3)cnc3ccccc23)cc1. The second kappa shape index (κ2) is 6.33. The van der Waals surface area contributed by atoms with Crippen LogP contribution in [0.15, 0.2) is 85.1 Å². The molecule has 1 heterocycles. The first-order valence-electron chi connectivity index (χ1n) is 8.28. The zero-order valence-corrected chi connectivity index (χ0v) is 13.9. The summed E-state index contributed by atoms with van der Waals surface area (Å²) >= 11 is 0. The monoisotopic (exact) mass is 323 g/mol. The third-order valence-corrected chi connectivity index (χ3v) is 4.40. The molecule has 2 nitrogen and oxygen atoms in total. The topological polar surface area (TPSA) is 30.0 Å². The molecule has 4 aromatic rings. The maximum absolute atomic E-state index is 13.1. The highest BCUT2D eigenvalue weighted by molar-refractivity contribution is 6.16. The molecule has 0 aliphatic heterocycles. The first-order chi connectivity index (χ1) is 12.2. The van der Waals surface area contributed by atoms with Crippen LogP contribution in [0.1, 0.15) is 21.5 Å². The average Bonchev–Trinajstić information content (AvgIpc) is 2.68. The van der Waals surface area contributed by atoms with Gasteiger partial charge in [-0.15, -0.1) is 0 Å². The zero-order valence-electron chi connectivity index (χ0n) is 13.9. The molecule has 1 aromatic heterocycles. The van der Waals surface area contributed by atoms with E-state index in [9.17, 15) is 4.79 Å². The van der Waals surface area contributed by atoms with E-state index >= 15 is 0 Å². The van der Waals surface area contributed by atoms with Crippen LogP contribution in [-0.4, -0.2) is 10.8 Å². The van der Waals surface area contributed by atoms with Gasteiger partial charge in [-0.3, -0.25) is 9.78 Å². The van der Waals surface area contributed by atoms with Crippen molar-refractivity contribution >= 4 is 16.7 Å². The molecule has 0 saturated carbocycles. The highest BCUT2D eigenvalue weighted by atomic mass is 16.1. The molecule has 0 unspecified atom stereocenters. The van der Waals surface area contributed by atoms with Gasteiger partial charge in [-0.25, -0.2) is 0 Å². The Morgan fingerprint density at radius 3 is 2.24 bits per heavy atom. The molecule has 0 saturated heterocycles. The minimum Gasteiger partial charge on any atom is -0.289 e. The van der Waals surface area contributed by atoms with Crippen LogP contribution < -0.4 is 0 Å². The second-order valence-corrected chi connectivity index (χ2v) is 6.13. The van der Waals surface area contributed by atoms with Gasteiger partial charge in [0.15, 0.2) is 5.78 Å². The van der Waals surface area contributed by atoms with E-state index in [1.807, 2.05) is 54.6 Å². The lowest BCUT2D eigenvalue weighted by Gasteiger charge is -2.13. The first-order valence-corrected chi connectivity index (χ1v) is 8.28. The Labute approximate surface area is 146 Å². The molecule has 0 aliphatic rings. The van der Waals surface area contributed by atoms with Crippen LogP contribution in [0.2, 0.25) is 0 Å². The van der Waals surface area contributed by atoms with E-state index in [-0.39, 0.29) is 5.78 Å². The fourth-order valence-electron chi connectivity index (χ4n) is 3.09. The number of aryl methyl sites for hydroxylation is 1. The van der Waals surface area contributed by atoms with Crippen molar-refractivity contribution in [1.82, 2.24) is 4.98 Å². The summed E-state index contributed by atoms with van der Waals surface area (Å²) in [7, 11) is 0. The number of pyridine rings is 1. The van der Waals surface area contributed by atoms with Gasteiger partial charge in [0.05, 0.1) is 5.52 Å². The first kappa shape index (κ1) is 15.3. The minimum atomic E-state index is -0.00516. The summed E-state index contributed by atoms with van der Waals surface area (Å²) in [6.45, 7) is 2.06. The Bertz CT molecular complexity index is 1050. The molecule has 25 heavy (non-hydrogen) atoms. The number of ketones is 1. The van der Waals surface area contributed by atoms with E-state index in [4.69, 9.17) is 0 Å². The lowest BCUT2D eigenvalue weighted by atomic mass is 9.92. The van der Waals surface area contributed by atoms with Gasteiger partial charge >= 0.3 is 0 Å². The lowest BCUT2D eigenvalue weighted by Crippen LogP contribution is -2.05. The quantitative estimate of drug-likeness (QED) is 0.470. The summed E-state index contributed by atoms with van der Waals surface area (Å²) in [4.78, 5) is 17.6. The number of benzene rings is 3. The maximum Gasteiger partial charge on any atom is 0.195 e. The van der Waals surface area contributed by atoms with Gasteiger partial charge in [0.2, 0.25) is 0 Å². The highest BCUT2D eigenvalue weighted by Crippen LogP contribution is 2.32. The summed E-state index contributed by atoms with van der Waals surface area (Å²) in [5.41, 5.74) is 5.37. The molecule has 0 radical (unpaired) electrons. The van der Waals surface area contributed by atoms with Crippen molar-refractivity contribution in [3.63, 3.8) is 0 Å². The number of aromatic nitrogens is 1. The van der Waals surface area contributed by atoms with E-state index in [1.165, 1.54) is 5.56 Å². The highest BCUT2D eigenvalue weighted by Gasteiger charge is 2.18. The molecule has 2 heteroatoms. The molecule has 120 valence electrons. The molecule has 0 spiro atoms. The van der Waals surface area contributed by atoms with Crippen molar-refractivity contribution in [2.45, 2.75) is 6.92 Å². The lowest BCUT2D eigenvalue weighted by molar-refractivity contribution is 0.103. The predicted molar refractivity (Wildman–Crippen MR) is 102 cm³/mol. The Morgan fingerprint density at radius 2 is 1.48 bits per heavy atom. The van der Waals surface area contributed by atoms with Crippen LogP contribution in [-0.2, 0) is 0 Å². The minimum absolute atomic E-state index is 0.00516. The Hall–Kier alpha value is -3.26. The van der Waals surface area contributed by atoms with E-state index in [0.29, 0.717) is 11.1 Å². The number of nitrogens with zero attached hydrogens (tertiary/aromatic N) is 1. The van der Waals surface area contributed by atoms with Crippen molar-refractivity contribution < 1.29 is 4.79 Å². The second-order valence-electron chi connectivity index (χ2n) is 6.13. The number of para-hydroxylation sites is 1. The summed E-state index contributed by atoms with van der Waals surface area (Å²) < 4.78 is 0. The molecule has 4 rings (SSSR count). The Balaban J connectivity index is 2.00. The average molecular weight is 323 g/mol. The molecular formula is C23H17NO. The van der Waals surface area contributed by atoms with Crippen LogP contribution in [0.5, 0.6) is 0 Å². The number of rotatable bonds is 3. The van der Waals surface area contributed by atoms with E-state index in [1.54, 1.807) is 6.20 Å². The standard InChI is InChI=1S/C23H17NO/c1-16-11-13-17(14-12-16)22-19-9-5-6-10-21(19)24-15-20(22)23(25)18-7-3-2-4-8-18/h2-15H,1H3. The van der Waals surface area contributed by atoms with Gasteiger partial charge in [0, 0.05) is 28.3 Å². The van der Waals surface area contributed by atoms with Crippen molar-refractivity contribution in [1.29, 1.82) is 0 Å². The van der Waals surface area contributed by atoms with Gasteiger partial charge < -0.3 is 0 Å². The molecular weight excluding hydrogens is 306 g/mol. The smallest absolute Gasteiger partial charge is 0.195 e. The number of hydrogen-bond donors (Lipinski definition) is 0. The normalized spacial score (nSPS) is 10.8. The third-order valence-electron chi connectivity index (χ3n) is 4.40. The van der Waals surface area contributed by atoms with Gasteiger partial charge in [-0.1, -0.05) is 78.4 Å². The molecule has 3 aromatic carbocycles. The van der Waals surface area contributed by atoms with Crippen LogP contribution in [0.4, 0.5) is 0 Å². The van der Waals surface area contributed by atoms with Gasteiger partial charge in [0.1, 0.15) is 0 Å². The summed E-state index contributed by atoms with van der Waals surface area (Å²) in [5.74, 6) is -0.00516. The predicted octanol–water partition coefficient (Wildman–Crippen LogP) is 5.44. The third kappa shape index (κ3) is 2.83. The molecule has 0 aliphatic carbocycles. The molecule has 0 fully saturated rings. The summed E-state index contributed by atoms with van der Waals surface area (Å²) in [6, 6.07) is 25.6. The number of fused-ring (bicyclic) bond motifs is 1. The van der Waals surface area contributed by atoms with Crippen LogP contribution in [0, 0.1) is 6.92 Å². The van der Waals surface area contributed by atoms with Crippen LogP contribution in [0.25, 0.3) is 22.0 Å². The van der Waals surface area contributed by atoms with E-state index in [0.717, 1.165) is 22.0 Å². The van der Waals surface area contributed by atoms with Crippen molar-refractivity contribution in [3.05, 3.63) is 102 Å². The van der Waals surface area contributed by atoms with Crippen LogP contribution in [0.3, 0.4) is 0 Å². The van der Waals surface area contributed by atoms with Crippen molar-refractivity contribution in [3.8, 4) is 11.1 Å². The zero-order chi connectivity index (χ0) is 17.2. The Morgan fingerprint density at radius 1 is 0.800 bits per heavy atom. The summed E-state index contributed by atoms with van der Waals surface area (Å²) in [5, 5.41) is 0.994. The van der Waals surface area contributed by atoms with Gasteiger partial charge in [-0.2, -0.15) is 0 Å². The molecule has 0 atom stereocenters. The largest absolute Gasteiger partial charge is 0.289 e. The van der Waals surface area contributed by atoms with Gasteiger partial charge in [-0.05, 0) is 18.6 Å². The molecule has 0 amide bonds. The summed E-state index contributed by atoms with van der Waals surface area (Å²) in [6.07, 6.45) is 1.70. The van der Waals surface area contributed by atoms with Crippen LogP contribution >= 0.6 is 0 Å². The fraction of sp³-hybridized carbons (Fsp3) is 0.0435. The van der Waals surface area contributed by atoms with E-state index < -0.39 is 0 Å². The number of carbonyl (C=O) groups is 1. The number of carbonyl (C=O) groups excluding carboxylic acids is 1. The van der Waals surface area contributed by atoms with Crippen molar-refractivity contribution in [2.24, 2.45) is 0 Å². The Kier molecular flexibility index (Phi) is 3.87. The molecule has 0 bridgehead atoms.